The highest BCUT2D eigenvalue weighted by molar-refractivity contribution is 7.89. The van der Waals surface area contributed by atoms with Gasteiger partial charge in [-0.2, -0.15) is 0 Å². The van der Waals surface area contributed by atoms with Crippen molar-refractivity contribution in [2.75, 3.05) is 0 Å². The molecular weight excluding hydrogens is 402 g/mol. The number of nitrogens with zero attached hydrogens (tertiary/aromatic N) is 1. The predicted octanol–water partition coefficient (Wildman–Crippen LogP) is 2.87. The zero-order valence-corrected chi connectivity index (χ0v) is 16.0. The molecule has 1 saturated carbocycles. The van der Waals surface area contributed by atoms with Gasteiger partial charge >= 0.3 is 0 Å². The SMILES string of the molecule is O=C(NCc1ccc(S(=O)(=O)NC2CC2)cc1)c1ccc2nc(C(F)F)[nH]c2c1. The van der Waals surface area contributed by atoms with Crippen LogP contribution in [0.3, 0.4) is 0 Å². The number of H-pyrrole nitrogens is 1. The van der Waals surface area contributed by atoms with Crippen molar-refractivity contribution < 1.29 is 22.0 Å². The molecule has 1 aliphatic carbocycles. The Labute approximate surface area is 165 Å². The number of sulfonamides is 1. The Balaban J connectivity index is 1.40. The van der Waals surface area contributed by atoms with Gasteiger partial charge in [0, 0.05) is 18.2 Å². The van der Waals surface area contributed by atoms with Crippen LogP contribution in [0.25, 0.3) is 11.0 Å². The van der Waals surface area contributed by atoms with E-state index in [1.165, 1.54) is 30.3 Å². The Kier molecular flexibility index (Phi) is 5.05. The normalized spacial score (nSPS) is 14.4. The monoisotopic (exact) mass is 420 g/mol. The number of rotatable bonds is 7. The molecule has 0 radical (unpaired) electrons. The molecule has 1 aliphatic rings. The first-order valence-electron chi connectivity index (χ1n) is 8.99. The Bertz CT molecular complexity index is 1160. The molecule has 29 heavy (non-hydrogen) atoms. The first-order valence-corrected chi connectivity index (χ1v) is 10.5. The molecule has 0 spiro atoms. The van der Waals surface area contributed by atoms with Gasteiger partial charge < -0.3 is 10.3 Å². The van der Waals surface area contributed by atoms with Gasteiger partial charge in [0.2, 0.25) is 10.0 Å². The fraction of sp³-hybridized carbons (Fsp3) is 0.263. The number of nitrogens with one attached hydrogen (secondary N) is 3. The maximum Gasteiger partial charge on any atom is 0.295 e. The van der Waals surface area contributed by atoms with E-state index < -0.39 is 22.3 Å². The Morgan fingerprint density at radius 1 is 1.17 bits per heavy atom. The Hall–Kier alpha value is -2.85. The zero-order chi connectivity index (χ0) is 20.6. The lowest BCUT2D eigenvalue weighted by Crippen LogP contribution is -2.26. The number of aromatic nitrogens is 2. The number of benzene rings is 2. The molecule has 0 unspecified atom stereocenters. The third-order valence-electron chi connectivity index (χ3n) is 4.55. The average molecular weight is 420 g/mol. The van der Waals surface area contributed by atoms with Gasteiger partial charge in [-0.05, 0) is 48.7 Å². The van der Waals surface area contributed by atoms with E-state index in [1.807, 2.05) is 0 Å². The van der Waals surface area contributed by atoms with Crippen LogP contribution in [-0.4, -0.2) is 30.3 Å². The van der Waals surface area contributed by atoms with Crippen LogP contribution in [0, 0.1) is 0 Å². The largest absolute Gasteiger partial charge is 0.348 e. The van der Waals surface area contributed by atoms with Crippen LogP contribution in [0.5, 0.6) is 0 Å². The van der Waals surface area contributed by atoms with Crippen LogP contribution < -0.4 is 10.0 Å². The summed E-state index contributed by atoms with van der Waals surface area (Å²) in [5.74, 6) is -0.823. The third kappa shape index (κ3) is 4.43. The van der Waals surface area contributed by atoms with Crippen LogP contribution in [0.2, 0.25) is 0 Å². The predicted molar refractivity (Wildman–Crippen MR) is 102 cm³/mol. The molecule has 1 amide bonds. The number of fused-ring (bicyclic) bond motifs is 1. The van der Waals surface area contributed by atoms with Gasteiger partial charge in [0.1, 0.15) is 0 Å². The number of alkyl halides is 2. The third-order valence-corrected chi connectivity index (χ3v) is 6.09. The van der Waals surface area contributed by atoms with Gasteiger partial charge in [-0.1, -0.05) is 12.1 Å². The van der Waals surface area contributed by atoms with Crippen molar-refractivity contribution in [1.82, 2.24) is 20.0 Å². The van der Waals surface area contributed by atoms with E-state index in [9.17, 15) is 22.0 Å². The van der Waals surface area contributed by atoms with Gasteiger partial charge in [-0.15, -0.1) is 0 Å². The second-order valence-corrected chi connectivity index (χ2v) is 8.59. The number of halogens is 2. The smallest absolute Gasteiger partial charge is 0.295 e. The molecule has 3 N–H and O–H groups in total. The van der Waals surface area contributed by atoms with Gasteiger partial charge in [0.05, 0.1) is 15.9 Å². The second kappa shape index (κ2) is 7.53. The van der Waals surface area contributed by atoms with E-state index in [-0.39, 0.29) is 23.4 Å². The zero-order valence-electron chi connectivity index (χ0n) is 15.2. The summed E-state index contributed by atoms with van der Waals surface area (Å²) < 4.78 is 52.4. The van der Waals surface area contributed by atoms with Crippen LogP contribution in [-0.2, 0) is 16.6 Å². The van der Waals surface area contributed by atoms with Crippen LogP contribution >= 0.6 is 0 Å². The van der Waals surface area contributed by atoms with Crippen LogP contribution in [0.15, 0.2) is 47.4 Å². The number of hydrogen-bond acceptors (Lipinski definition) is 4. The Morgan fingerprint density at radius 2 is 1.90 bits per heavy atom. The van der Waals surface area contributed by atoms with E-state index in [0.29, 0.717) is 16.6 Å². The van der Waals surface area contributed by atoms with E-state index in [1.54, 1.807) is 12.1 Å². The lowest BCUT2D eigenvalue weighted by atomic mass is 10.1. The lowest BCUT2D eigenvalue weighted by Gasteiger charge is -2.08. The molecule has 3 aromatic rings. The van der Waals surface area contributed by atoms with E-state index in [4.69, 9.17) is 0 Å². The quantitative estimate of drug-likeness (QED) is 0.547. The van der Waals surface area contributed by atoms with Gasteiger partial charge in [0.25, 0.3) is 12.3 Å². The molecule has 4 rings (SSSR count). The number of imidazole rings is 1. The summed E-state index contributed by atoms with van der Waals surface area (Å²) in [6, 6.07) is 10.8. The molecule has 1 aromatic heterocycles. The number of hydrogen-bond donors (Lipinski definition) is 3. The van der Waals surface area contributed by atoms with Crippen LogP contribution in [0.4, 0.5) is 8.78 Å². The fourth-order valence-corrected chi connectivity index (χ4v) is 4.14. The molecule has 7 nitrogen and oxygen atoms in total. The summed E-state index contributed by atoms with van der Waals surface area (Å²) in [6.07, 6.45) is -1.00. The first kappa shape index (κ1) is 19.5. The highest BCUT2D eigenvalue weighted by Gasteiger charge is 2.27. The van der Waals surface area contributed by atoms with Gasteiger partial charge in [-0.3, -0.25) is 4.79 Å². The molecule has 2 aromatic carbocycles. The van der Waals surface area contributed by atoms with Crippen molar-refractivity contribution in [3.8, 4) is 0 Å². The molecule has 152 valence electrons. The second-order valence-electron chi connectivity index (χ2n) is 6.88. The highest BCUT2D eigenvalue weighted by Crippen LogP contribution is 2.23. The number of amides is 1. The standard InChI is InChI=1S/C19H18F2N4O3S/c20-17(21)18-23-15-8-3-12(9-16(15)24-18)19(26)22-10-11-1-6-14(7-2-11)29(27,28)25-13-4-5-13/h1-3,6-9,13,17,25H,4-5,10H2,(H,22,26)(H,23,24). The van der Waals surface area contributed by atoms with Crippen molar-refractivity contribution in [1.29, 1.82) is 0 Å². The summed E-state index contributed by atoms with van der Waals surface area (Å²) in [7, 11) is -3.51. The molecule has 10 heteroatoms. The van der Waals surface area contributed by atoms with E-state index in [0.717, 1.165) is 18.4 Å². The first-order chi connectivity index (χ1) is 13.8. The summed E-state index contributed by atoms with van der Waals surface area (Å²) >= 11 is 0. The van der Waals surface area contributed by atoms with Crippen molar-refractivity contribution in [2.45, 2.75) is 36.7 Å². The lowest BCUT2D eigenvalue weighted by molar-refractivity contribution is 0.0951. The van der Waals surface area contributed by atoms with Gasteiger partial charge in [-0.25, -0.2) is 26.9 Å². The summed E-state index contributed by atoms with van der Waals surface area (Å²) in [5.41, 5.74) is 1.74. The molecule has 0 aliphatic heterocycles. The van der Waals surface area contributed by atoms with Crippen LogP contribution in [0.1, 0.15) is 41.0 Å². The molecule has 1 heterocycles. The fourth-order valence-electron chi connectivity index (χ4n) is 2.83. The maximum atomic E-state index is 12.7. The minimum atomic E-state index is -3.51. The number of aromatic amines is 1. The molecule has 0 atom stereocenters. The van der Waals surface area contributed by atoms with Gasteiger partial charge in [0.15, 0.2) is 5.82 Å². The van der Waals surface area contributed by atoms with Crippen molar-refractivity contribution >= 4 is 27.0 Å². The Morgan fingerprint density at radius 3 is 2.55 bits per heavy atom. The van der Waals surface area contributed by atoms with Crippen molar-refractivity contribution in [2.24, 2.45) is 0 Å². The van der Waals surface area contributed by atoms with Crippen molar-refractivity contribution in [3.63, 3.8) is 0 Å². The highest BCUT2D eigenvalue weighted by atomic mass is 32.2. The number of carbonyl (C=O) groups is 1. The average Bonchev–Trinajstić information content (AvgIpc) is 3.39. The molecule has 0 saturated heterocycles. The number of carbonyl (C=O) groups excluding carboxylic acids is 1. The molecule has 0 bridgehead atoms. The van der Waals surface area contributed by atoms with Crippen molar-refractivity contribution in [3.05, 3.63) is 59.4 Å². The van der Waals surface area contributed by atoms with E-state index in [2.05, 4.69) is 20.0 Å². The minimum Gasteiger partial charge on any atom is -0.348 e. The molecule has 1 fully saturated rings. The summed E-state index contributed by atoms with van der Waals surface area (Å²) in [5, 5.41) is 2.72. The maximum absolute atomic E-state index is 12.7. The minimum absolute atomic E-state index is 0.0305. The van der Waals surface area contributed by atoms with E-state index >= 15 is 0 Å². The summed E-state index contributed by atoms with van der Waals surface area (Å²) in [6.45, 7) is 0.193. The summed E-state index contributed by atoms with van der Waals surface area (Å²) in [4.78, 5) is 18.8. The molecular formula is C19H18F2N4O3S. The topological polar surface area (TPSA) is 104 Å².